The molecule has 0 radical (unpaired) electrons. The molecule has 0 aliphatic carbocycles. The second-order valence-corrected chi connectivity index (χ2v) is 6.00. The normalized spacial score (nSPS) is 15.6. The lowest BCUT2D eigenvalue weighted by Gasteiger charge is -2.27. The van der Waals surface area contributed by atoms with E-state index in [1.54, 1.807) is 12.4 Å². The van der Waals surface area contributed by atoms with Gasteiger partial charge in [-0.1, -0.05) is 12.1 Å². The van der Waals surface area contributed by atoms with Crippen LogP contribution in [-0.2, 0) is 6.54 Å². The van der Waals surface area contributed by atoms with Crippen LogP contribution in [-0.4, -0.2) is 24.2 Å². The van der Waals surface area contributed by atoms with E-state index >= 15 is 0 Å². The third-order valence-corrected chi connectivity index (χ3v) is 4.20. The quantitative estimate of drug-likeness (QED) is 0.651. The van der Waals surface area contributed by atoms with Crippen molar-refractivity contribution in [1.82, 2.24) is 4.98 Å². The van der Waals surface area contributed by atoms with Crippen LogP contribution in [0.25, 0.3) is 0 Å². The maximum atomic E-state index is 11.9. The van der Waals surface area contributed by atoms with Gasteiger partial charge in [-0.3, -0.25) is 14.6 Å². The molecule has 0 bridgehead atoms. The molecule has 0 amide bonds. The largest absolute Gasteiger partial charge is 0.486 e. The maximum absolute atomic E-state index is 11.9. The third kappa shape index (κ3) is 3.11. The summed E-state index contributed by atoms with van der Waals surface area (Å²) in [5.41, 5.74) is 0.558. The number of rotatable bonds is 6. The zero-order valence-electron chi connectivity index (χ0n) is 13.9. The molecule has 0 spiro atoms. The second-order valence-electron chi connectivity index (χ2n) is 6.00. The van der Waals surface area contributed by atoms with Crippen LogP contribution in [0.5, 0.6) is 11.5 Å². The zero-order chi connectivity index (χ0) is 17.9. The summed E-state index contributed by atoms with van der Waals surface area (Å²) in [4.78, 5) is 27.6. The highest BCUT2D eigenvalue weighted by Crippen LogP contribution is 2.31. The van der Waals surface area contributed by atoms with E-state index in [2.05, 4.69) is 15.6 Å². The van der Waals surface area contributed by atoms with Gasteiger partial charge >= 0.3 is 0 Å². The molecule has 3 aromatic rings. The van der Waals surface area contributed by atoms with Crippen molar-refractivity contribution in [3.63, 3.8) is 0 Å². The number of nitrogens with zero attached hydrogens (tertiary/aromatic N) is 1. The highest BCUT2D eigenvalue weighted by Gasteiger charge is 2.24. The highest BCUT2D eigenvalue weighted by molar-refractivity contribution is 5.74. The number of fused-ring (bicyclic) bond motifs is 1. The molecular weight excluding hydrogens is 334 g/mol. The van der Waals surface area contributed by atoms with Crippen LogP contribution in [0.2, 0.25) is 0 Å². The molecule has 2 aromatic carbocycles. The predicted octanol–water partition coefficient (Wildman–Crippen LogP) is 1.54. The van der Waals surface area contributed by atoms with Crippen LogP contribution < -0.4 is 31.0 Å². The third-order valence-electron chi connectivity index (χ3n) is 4.20. The lowest BCUT2D eigenvalue weighted by Crippen LogP contribution is -2.41. The van der Waals surface area contributed by atoms with Gasteiger partial charge < -0.3 is 20.1 Å². The number of para-hydroxylation sites is 2. The van der Waals surface area contributed by atoms with Gasteiger partial charge in [-0.05, 0) is 29.8 Å². The van der Waals surface area contributed by atoms with Crippen molar-refractivity contribution in [3.8, 4) is 11.5 Å². The van der Waals surface area contributed by atoms with Gasteiger partial charge in [-0.2, -0.15) is 0 Å². The van der Waals surface area contributed by atoms with Crippen LogP contribution in [0.1, 0.15) is 5.56 Å². The summed E-state index contributed by atoms with van der Waals surface area (Å²) < 4.78 is 11.5. The number of hydrogen-bond donors (Lipinski definition) is 2. The topological polar surface area (TPSA) is 89.6 Å². The van der Waals surface area contributed by atoms with Crippen molar-refractivity contribution in [2.45, 2.75) is 12.6 Å². The van der Waals surface area contributed by atoms with E-state index in [9.17, 15) is 9.59 Å². The molecule has 0 fully saturated rings. The van der Waals surface area contributed by atoms with E-state index in [1.165, 1.54) is 0 Å². The van der Waals surface area contributed by atoms with E-state index in [4.69, 9.17) is 9.47 Å². The molecule has 7 heteroatoms. The van der Waals surface area contributed by atoms with Gasteiger partial charge in [0.25, 0.3) is 10.9 Å². The first-order valence-corrected chi connectivity index (χ1v) is 8.31. The smallest absolute Gasteiger partial charge is 0.253 e. The lowest BCUT2D eigenvalue weighted by molar-refractivity contribution is 0.0997. The number of aromatic nitrogens is 1. The molecule has 132 valence electrons. The van der Waals surface area contributed by atoms with Crippen LogP contribution in [0.4, 0.5) is 11.4 Å². The Morgan fingerprint density at radius 3 is 2.42 bits per heavy atom. The Bertz CT molecular complexity index is 980. The average molecular weight is 351 g/mol. The fraction of sp³-hybridized carbons (Fsp3) is 0.211. The van der Waals surface area contributed by atoms with E-state index < -0.39 is 10.9 Å². The summed E-state index contributed by atoms with van der Waals surface area (Å²) in [5, 5.41) is 6.03. The van der Waals surface area contributed by atoms with Crippen LogP contribution in [0.15, 0.2) is 58.4 Å². The summed E-state index contributed by atoms with van der Waals surface area (Å²) in [7, 11) is 0. The fourth-order valence-corrected chi connectivity index (χ4v) is 2.80. The molecular formula is C19H17N3O4. The Morgan fingerprint density at radius 1 is 0.962 bits per heavy atom. The lowest BCUT2D eigenvalue weighted by atomic mass is 10.1. The molecule has 7 nitrogen and oxygen atoms in total. The number of nitrogens with one attached hydrogen (secondary N) is 2. The average Bonchev–Trinajstić information content (AvgIpc) is 2.70. The molecule has 1 atom stereocenters. The number of benzene rings is 1. The Morgan fingerprint density at radius 2 is 1.65 bits per heavy atom. The van der Waals surface area contributed by atoms with Crippen LogP contribution >= 0.6 is 0 Å². The second kappa shape index (κ2) is 6.87. The molecule has 1 aliphatic heterocycles. The van der Waals surface area contributed by atoms with Gasteiger partial charge in [0, 0.05) is 18.9 Å². The summed E-state index contributed by atoms with van der Waals surface area (Å²) in [5.74, 6) is 1.38. The molecule has 2 N–H and O–H groups in total. The van der Waals surface area contributed by atoms with Crippen molar-refractivity contribution in [3.05, 3.63) is 74.8 Å². The summed E-state index contributed by atoms with van der Waals surface area (Å²) >= 11 is 0. The molecule has 0 saturated heterocycles. The van der Waals surface area contributed by atoms with Crippen LogP contribution in [0.3, 0.4) is 0 Å². The predicted molar refractivity (Wildman–Crippen MR) is 97.8 cm³/mol. The van der Waals surface area contributed by atoms with Gasteiger partial charge in [0.15, 0.2) is 11.5 Å². The van der Waals surface area contributed by atoms with Gasteiger partial charge in [-0.25, -0.2) is 0 Å². The first-order valence-electron chi connectivity index (χ1n) is 8.31. The first-order chi connectivity index (χ1) is 12.7. The zero-order valence-corrected chi connectivity index (χ0v) is 13.9. The van der Waals surface area contributed by atoms with Gasteiger partial charge in [-0.15, -0.1) is 0 Å². The molecule has 0 saturated carbocycles. The summed E-state index contributed by atoms with van der Waals surface area (Å²) in [6, 6.07) is 11.1. The monoisotopic (exact) mass is 351 g/mol. The Labute approximate surface area is 149 Å². The van der Waals surface area contributed by atoms with E-state index in [1.807, 2.05) is 36.4 Å². The van der Waals surface area contributed by atoms with E-state index in [-0.39, 0.29) is 6.10 Å². The summed E-state index contributed by atoms with van der Waals surface area (Å²) in [6.45, 7) is 1.18. The molecule has 4 rings (SSSR count). The molecule has 1 aliphatic rings. The fourth-order valence-electron chi connectivity index (χ4n) is 2.80. The van der Waals surface area contributed by atoms with Crippen molar-refractivity contribution in [1.29, 1.82) is 0 Å². The summed E-state index contributed by atoms with van der Waals surface area (Å²) in [6.07, 6.45) is 3.11. The van der Waals surface area contributed by atoms with E-state index in [0.29, 0.717) is 42.6 Å². The first kappa shape index (κ1) is 16.1. The minimum absolute atomic E-state index is 0.248. The van der Waals surface area contributed by atoms with Gasteiger partial charge in [0.05, 0.1) is 6.54 Å². The maximum Gasteiger partial charge on any atom is 0.253 e. The number of hydrogen-bond acceptors (Lipinski definition) is 7. The number of pyridine rings is 1. The van der Waals surface area contributed by atoms with Crippen molar-refractivity contribution in [2.75, 3.05) is 23.8 Å². The van der Waals surface area contributed by atoms with Gasteiger partial charge in [0.1, 0.15) is 24.1 Å². The molecule has 0 unspecified atom stereocenters. The van der Waals surface area contributed by atoms with Crippen molar-refractivity contribution in [2.24, 2.45) is 0 Å². The molecule has 1 aromatic heterocycles. The van der Waals surface area contributed by atoms with E-state index in [0.717, 1.165) is 5.56 Å². The van der Waals surface area contributed by atoms with Gasteiger partial charge in [0.2, 0.25) is 0 Å². The van der Waals surface area contributed by atoms with Crippen LogP contribution in [0, 0.1) is 0 Å². The van der Waals surface area contributed by atoms with Crippen molar-refractivity contribution < 1.29 is 9.47 Å². The Kier molecular flexibility index (Phi) is 4.27. The highest BCUT2D eigenvalue weighted by atomic mass is 16.6. The standard InChI is InChI=1S/C19H17N3O4/c23-18-16(21-9-12-5-7-20-8-6-12)17(19(18)24)22-10-13-11-25-14-3-1-2-4-15(14)26-13/h1-8,13,21-22H,9-11H2/t13-/m1/s1. The number of ether oxygens (including phenoxy) is 2. The minimum Gasteiger partial charge on any atom is -0.486 e. The SMILES string of the molecule is O=c1c(NCc2ccncc2)c(NC[C@@H]2COc3ccccc3O2)c1=O. The number of anilines is 2. The Hall–Kier alpha value is -3.35. The van der Waals surface area contributed by atoms with Crippen molar-refractivity contribution >= 4 is 11.4 Å². The molecule has 26 heavy (non-hydrogen) atoms. The molecule has 2 heterocycles. The minimum atomic E-state index is -0.514. The Balaban J connectivity index is 1.38.